The molecule has 0 saturated carbocycles. The van der Waals surface area contributed by atoms with Gasteiger partial charge in [0.2, 0.25) is 5.91 Å². The highest BCUT2D eigenvalue weighted by atomic mass is 32.1. The van der Waals surface area contributed by atoms with E-state index in [1.54, 1.807) is 53.6 Å². The highest BCUT2D eigenvalue weighted by molar-refractivity contribution is 7.09. The standard InChI is InChI=1S/C26H30N2O4S/c1-19(2)28(26(30)21-13-22(31-3)15-23(14-21)32-4)18-25(29)27(17-24-11-8-12-33-24)16-20-9-6-5-7-10-20/h5-15,19H,16-18H2,1-4H3. The van der Waals surface area contributed by atoms with Crippen LogP contribution in [0.25, 0.3) is 0 Å². The summed E-state index contributed by atoms with van der Waals surface area (Å²) < 4.78 is 10.6. The molecule has 3 rings (SSSR count). The van der Waals surface area contributed by atoms with Gasteiger partial charge in [0.15, 0.2) is 0 Å². The number of amides is 2. The minimum absolute atomic E-state index is 0.0196. The van der Waals surface area contributed by atoms with Crippen LogP contribution in [0.2, 0.25) is 0 Å². The molecular weight excluding hydrogens is 436 g/mol. The van der Waals surface area contributed by atoms with Crippen LogP contribution in [0, 0.1) is 0 Å². The predicted octanol–water partition coefficient (Wildman–Crippen LogP) is 4.84. The Labute approximate surface area is 199 Å². The lowest BCUT2D eigenvalue weighted by atomic mass is 10.1. The molecular formula is C26H30N2O4S. The highest BCUT2D eigenvalue weighted by Gasteiger charge is 2.26. The van der Waals surface area contributed by atoms with Gasteiger partial charge in [0, 0.05) is 29.1 Å². The quantitative estimate of drug-likeness (QED) is 0.429. The lowest BCUT2D eigenvalue weighted by molar-refractivity contribution is -0.133. The van der Waals surface area contributed by atoms with Gasteiger partial charge in [-0.15, -0.1) is 11.3 Å². The van der Waals surface area contributed by atoms with Crippen molar-refractivity contribution in [2.24, 2.45) is 0 Å². The number of rotatable bonds is 10. The summed E-state index contributed by atoms with van der Waals surface area (Å²) in [4.78, 5) is 31.3. The number of nitrogens with zero attached hydrogens (tertiary/aromatic N) is 2. The molecule has 1 heterocycles. The molecule has 0 aliphatic heterocycles. The molecule has 33 heavy (non-hydrogen) atoms. The molecule has 3 aromatic rings. The second-order valence-corrected chi connectivity index (χ2v) is 8.98. The molecule has 0 N–H and O–H groups in total. The molecule has 0 bridgehead atoms. The van der Waals surface area contributed by atoms with Gasteiger partial charge in [0.25, 0.3) is 5.91 Å². The number of hydrogen-bond donors (Lipinski definition) is 0. The van der Waals surface area contributed by atoms with Gasteiger partial charge in [-0.3, -0.25) is 9.59 Å². The minimum atomic E-state index is -0.244. The first-order valence-corrected chi connectivity index (χ1v) is 11.7. The smallest absolute Gasteiger partial charge is 0.254 e. The fourth-order valence-electron chi connectivity index (χ4n) is 3.46. The number of thiophene rings is 1. The molecule has 0 fully saturated rings. The van der Waals surface area contributed by atoms with Crippen molar-refractivity contribution in [3.05, 3.63) is 82.0 Å². The Balaban J connectivity index is 1.83. The third-order valence-corrected chi connectivity index (χ3v) is 6.15. The Morgan fingerprint density at radius 3 is 2.12 bits per heavy atom. The zero-order valence-electron chi connectivity index (χ0n) is 19.5. The lowest BCUT2D eigenvalue weighted by Crippen LogP contribution is -2.45. The molecule has 2 aromatic carbocycles. The second kappa shape index (κ2) is 11.5. The van der Waals surface area contributed by atoms with Crippen molar-refractivity contribution in [3.63, 3.8) is 0 Å². The Morgan fingerprint density at radius 2 is 1.58 bits per heavy atom. The fraction of sp³-hybridized carbons (Fsp3) is 0.308. The van der Waals surface area contributed by atoms with Gasteiger partial charge in [-0.1, -0.05) is 36.4 Å². The van der Waals surface area contributed by atoms with Crippen molar-refractivity contribution in [1.82, 2.24) is 9.80 Å². The summed E-state index contributed by atoms with van der Waals surface area (Å²) in [6.07, 6.45) is 0. The Hall–Kier alpha value is -3.32. The summed E-state index contributed by atoms with van der Waals surface area (Å²) in [6.45, 7) is 4.77. The van der Waals surface area contributed by atoms with Crippen LogP contribution in [0.4, 0.5) is 0 Å². The predicted molar refractivity (Wildman–Crippen MR) is 131 cm³/mol. The Kier molecular flexibility index (Phi) is 8.49. The molecule has 0 radical (unpaired) electrons. The van der Waals surface area contributed by atoms with Crippen LogP contribution in [0.3, 0.4) is 0 Å². The van der Waals surface area contributed by atoms with Crippen LogP contribution < -0.4 is 9.47 Å². The molecule has 1 aromatic heterocycles. The van der Waals surface area contributed by atoms with Crippen molar-refractivity contribution in [2.75, 3.05) is 20.8 Å². The van der Waals surface area contributed by atoms with Crippen LogP contribution >= 0.6 is 11.3 Å². The molecule has 6 nitrogen and oxygen atoms in total. The van der Waals surface area contributed by atoms with Crippen LogP contribution in [-0.4, -0.2) is 48.4 Å². The molecule has 2 amide bonds. The lowest BCUT2D eigenvalue weighted by Gasteiger charge is -2.30. The summed E-state index contributed by atoms with van der Waals surface area (Å²) in [5.41, 5.74) is 1.46. The number of ether oxygens (including phenoxy) is 2. The van der Waals surface area contributed by atoms with Gasteiger partial charge >= 0.3 is 0 Å². The Bertz CT molecular complexity index is 1030. The van der Waals surface area contributed by atoms with Gasteiger partial charge in [-0.25, -0.2) is 0 Å². The van der Waals surface area contributed by atoms with E-state index in [1.165, 1.54) is 0 Å². The van der Waals surface area contributed by atoms with Gasteiger partial charge in [-0.2, -0.15) is 0 Å². The van der Waals surface area contributed by atoms with E-state index in [0.29, 0.717) is 30.2 Å². The summed E-state index contributed by atoms with van der Waals surface area (Å²) in [7, 11) is 3.08. The highest BCUT2D eigenvalue weighted by Crippen LogP contribution is 2.24. The third-order valence-electron chi connectivity index (χ3n) is 5.28. The van der Waals surface area contributed by atoms with E-state index in [2.05, 4.69) is 0 Å². The summed E-state index contributed by atoms with van der Waals surface area (Å²) >= 11 is 1.61. The molecule has 0 unspecified atom stereocenters. The maximum absolute atomic E-state index is 13.5. The van der Waals surface area contributed by atoms with Crippen LogP contribution in [0.5, 0.6) is 11.5 Å². The van der Waals surface area contributed by atoms with Crippen molar-refractivity contribution in [2.45, 2.75) is 33.0 Å². The monoisotopic (exact) mass is 466 g/mol. The topological polar surface area (TPSA) is 59.1 Å². The largest absolute Gasteiger partial charge is 0.497 e. The first-order chi connectivity index (χ1) is 15.9. The van der Waals surface area contributed by atoms with Gasteiger partial charge in [0.1, 0.15) is 18.0 Å². The van der Waals surface area contributed by atoms with Gasteiger partial charge in [0.05, 0.1) is 20.8 Å². The number of benzene rings is 2. The molecule has 0 aliphatic carbocycles. The zero-order valence-corrected chi connectivity index (χ0v) is 20.3. The fourth-order valence-corrected chi connectivity index (χ4v) is 4.18. The molecule has 0 saturated heterocycles. The van der Waals surface area contributed by atoms with Crippen molar-refractivity contribution in [1.29, 1.82) is 0 Å². The Morgan fingerprint density at radius 1 is 0.909 bits per heavy atom. The van der Waals surface area contributed by atoms with Gasteiger partial charge in [-0.05, 0) is 43.0 Å². The second-order valence-electron chi connectivity index (χ2n) is 7.94. The third kappa shape index (κ3) is 6.58. The average molecular weight is 467 g/mol. The number of carbonyl (C=O) groups excluding carboxylic acids is 2. The van der Waals surface area contributed by atoms with E-state index >= 15 is 0 Å². The summed E-state index contributed by atoms with van der Waals surface area (Å²) in [5, 5.41) is 2.00. The molecule has 174 valence electrons. The van der Waals surface area contributed by atoms with E-state index < -0.39 is 0 Å². The van der Waals surface area contributed by atoms with E-state index in [4.69, 9.17) is 9.47 Å². The van der Waals surface area contributed by atoms with Crippen LogP contribution in [-0.2, 0) is 17.9 Å². The maximum atomic E-state index is 13.5. The SMILES string of the molecule is COc1cc(OC)cc(C(=O)N(CC(=O)N(Cc2ccccc2)Cc2cccs2)C(C)C)c1. The van der Waals surface area contributed by atoms with E-state index in [0.717, 1.165) is 10.4 Å². The van der Waals surface area contributed by atoms with E-state index in [1.807, 2.05) is 61.7 Å². The van der Waals surface area contributed by atoms with Crippen LogP contribution in [0.1, 0.15) is 34.6 Å². The number of hydrogen-bond acceptors (Lipinski definition) is 5. The van der Waals surface area contributed by atoms with Crippen molar-refractivity contribution in [3.8, 4) is 11.5 Å². The zero-order chi connectivity index (χ0) is 23.8. The molecule has 0 atom stereocenters. The van der Waals surface area contributed by atoms with Crippen molar-refractivity contribution >= 4 is 23.2 Å². The van der Waals surface area contributed by atoms with Gasteiger partial charge < -0.3 is 19.3 Å². The maximum Gasteiger partial charge on any atom is 0.254 e. The molecule has 0 aliphatic rings. The first kappa shape index (κ1) is 24.3. The van der Waals surface area contributed by atoms with E-state index in [9.17, 15) is 9.59 Å². The summed E-state index contributed by atoms with van der Waals surface area (Å²) in [6, 6.07) is 18.8. The number of methoxy groups -OCH3 is 2. The molecule has 7 heteroatoms. The molecule has 0 spiro atoms. The van der Waals surface area contributed by atoms with E-state index in [-0.39, 0.29) is 24.4 Å². The van der Waals surface area contributed by atoms with Crippen LogP contribution in [0.15, 0.2) is 66.0 Å². The minimum Gasteiger partial charge on any atom is -0.497 e. The first-order valence-electron chi connectivity index (χ1n) is 10.8. The summed E-state index contributed by atoms with van der Waals surface area (Å²) in [5.74, 6) is 0.697. The van der Waals surface area contributed by atoms with Crippen molar-refractivity contribution < 1.29 is 19.1 Å². The normalized spacial score (nSPS) is 10.7. The number of carbonyl (C=O) groups is 2. The average Bonchev–Trinajstić information content (AvgIpc) is 3.34.